The van der Waals surface area contributed by atoms with Crippen LogP contribution in [0.2, 0.25) is 0 Å². The van der Waals surface area contributed by atoms with Gasteiger partial charge in [0.2, 0.25) is 5.91 Å². The van der Waals surface area contributed by atoms with Crippen LogP contribution in [0.15, 0.2) is 46.9 Å². The van der Waals surface area contributed by atoms with E-state index in [2.05, 4.69) is 20.8 Å². The molecule has 0 N–H and O–H groups in total. The van der Waals surface area contributed by atoms with Crippen LogP contribution in [0.3, 0.4) is 0 Å². The summed E-state index contributed by atoms with van der Waals surface area (Å²) in [4.78, 5) is 17.1. The van der Waals surface area contributed by atoms with Crippen molar-refractivity contribution in [1.82, 2.24) is 4.90 Å². The standard InChI is InChI=1S/C19H18BrFN2O2/c1-25-17-9-4-12(20)11-15(17)18-22-10-2-3-16(22)19(24)23(18)14-7-5-13(21)6-8-14/h4-9,11,16,18H,2-3,10H2,1H3/t16-,18+/m0/s1. The minimum atomic E-state index is -0.313. The number of rotatable bonds is 3. The molecule has 0 saturated carbocycles. The number of amides is 1. The van der Waals surface area contributed by atoms with E-state index < -0.39 is 0 Å². The molecule has 130 valence electrons. The number of anilines is 1. The van der Waals surface area contributed by atoms with Crippen molar-refractivity contribution in [2.45, 2.75) is 25.0 Å². The molecule has 2 aliphatic rings. The molecule has 1 amide bonds. The molecule has 4 rings (SSSR count). The lowest BCUT2D eigenvalue weighted by atomic mass is 10.1. The first-order valence-electron chi connectivity index (χ1n) is 8.28. The average Bonchev–Trinajstić information content (AvgIpc) is 3.18. The Bertz CT molecular complexity index is 812. The monoisotopic (exact) mass is 404 g/mol. The molecule has 0 aliphatic carbocycles. The molecular weight excluding hydrogens is 387 g/mol. The Balaban J connectivity index is 1.85. The van der Waals surface area contributed by atoms with Crippen LogP contribution in [0.25, 0.3) is 0 Å². The number of methoxy groups -OCH3 is 1. The Hall–Kier alpha value is -1.92. The third kappa shape index (κ3) is 2.73. The first-order valence-corrected chi connectivity index (χ1v) is 9.07. The van der Waals surface area contributed by atoms with Gasteiger partial charge in [0.15, 0.2) is 0 Å². The topological polar surface area (TPSA) is 32.8 Å². The van der Waals surface area contributed by atoms with Crippen molar-refractivity contribution < 1.29 is 13.9 Å². The van der Waals surface area contributed by atoms with Gasteiger partial charge >= 0.3 is 0 Å². The highest BCUT2D eigenvalue weighted by Crippen LogP contribution is 2.45. The van der Waals surface area contributed by atoms with Gasteiger partial charge in [-0.2, -0.15) is 0 Å². The van der Waals surface area contributed by atoms with Crippen LogP contribution in [0.1, 0.15) is 24.6 Å². The minimum absolute atomic E-state index is 0.0659. The molecule has 2 fully saturated rings. The number of nitrogens with zero attached hydrogens (tertiary/aromatic N) is 2. The van der Waals surface area contributed by atoms with Crippen LogP contribution in [0.4, 0.5) is 10.1 Å². The van der Waals surface area contributed by atoms with Gasteiger partial charge in [0.25, 0.3) is 0 Å². The summed E-state index contributed by atoms with van der Waals surface area (Å²) in [6, 6.07) is 11.8. The van der Waals surface area contributed by atoms with Gasteiger partial charge in [0, 0.05) is 22.3 Å². The Kier molecular flexibility index (Phi) is 4.25. The van der Waals surface area contributed by atoms with Crippen molar-refractivity contribution in [3.8, 4) is 5.75 Å². The maximum Gasteiger partial charge on any atom is 0.246 e. The van der Waals surface area contributed by atoms with Gasteiger partial charge in [-0.15, -0.1) is 0 Å². The van der Waals surface area contributed by atoms with Gasteiger partial charge in [-0.25, -0.2) is 4.39 Å². The van der Waals surface area contributed by atoms with E-state index in [1.54, 1.807) is 24.1 Å². The normalized spacial score (nSPS) is 23.2. The van der Waals surface area contributed by atoms with E-state index in [1.165, 1.54) is 12.1 Å². The van der Waals surface area contributed by atoms with Gasteiger partial charge in [-0.05, 0) is 55.3 Å². The first-order chi connectivity index (χ1) is 12.1. The lowest BCUT2D eigenvalue weighted by Crippen LogP contribution is -2.32. The molecule has 2 heterocycles. The molecule has 2 aliphatic heterocycles. The maximum absolute atomic E-state index is 13.4. The summed E-state index contributed by atoms with van der Waals surface area (Å²) in [6.07, 6.45) is 1.60. The summed E-state index contributed by atoms with van der Waals surface area (Å²) < 4.78 is 19.8. The van der Waals surface area contributed by atoms with E-state index in [4.69, 9.17) is 4.74 Å². The second-order valence-electron chi connectivity index (χ2n) is 6.34. The van der Waals surface area contributed by atoms with Crippen molar-refractivity contribution in [2.75, 3.05) is 18.6 Å². The third-order valence-electron chi connectivity index (χ3n) is 4.95. The fraction of sp³-hybridized carbons (Fsp3) is 0.316. The molecule has 25 heavy (non-hydrogen) atoms. The Morgan fingerprint density at radius 3 is 2.68 bits per heavy atom. The second kappa shape index (κ2) is 6.42. The molecule has 6 heteroatoms. The van der Waals surface area contributed by atoms with Crippen LogP contribution in [-0.4, -0.2) is 30.5 Å². The van der Waals surface area contributed by atoms with Crippen molar-refractivity contribution in [3.05, 3.63) is 58.3 Å². The summed E-state index contributed by atoms with van der Waals surface area (Å²) in [6.45, 7) is 0.856. The fourth-order valence-corrected chi connectivity index (χ4v) is 4.25. The van der Waals surface area contributed by atoms with E-state index in [1.807, 2.05) is 18.2 Å². The van der Waals surface area contributed by atoms with Gasteiger partial charge < -0.3 is 4.74 Å². The van der Waals surface area contributed by atoms with Gasteiger partial charge in [-0.3, -0.25) is 14.6 Å². The van der Waals surface area contributed by atoms with Crippen LogP contribution in [-0.2, 0) is 4.79 Å². The highest BCUT2D eigenvalue weighted by atomic mass is 79.9. The average molecular weight is 405 g/mol. The molecule has 0 radical (unpaired) electrons. The lowest BCUT2D eigenvalue weighted by molar-refractivity contribution is -0.119. The second-order valence-corrected chi connectivity index (χ2v) is 7.26. The zero-order chi connectivity index (χ0) is 17.6. The molecule has 0 unspecified atom stereocenters. The van der Waals surface area contributed by atoms with E-state index in [0.717, 1.165) is 35.2 Å². The van der Waals surface area contributed by atoms with Gasteiger partial charge in [0.05, 0.1) is 13.2 Å². The van der Waals surface area contributed by atoms with E-state index >= 15 is 0 Å². The van der Waals surface area contributed by atoms with Crippen LogP contribution < -0.4 is 9.64 Å². The number of hydrogen-bond acceptors (Lipinski definition) is 3. The predicted octanol–water partition coefficient (Wildman–Crippen LogP) is 4.11. The van der Waals surface area contributed by atoms with Crippen molar-refractivity contribution in [3.63, 3.8) is 0 Å². The molecule has 2 aromatic rings. The first kappa shape index (κ1) is 16.5. The Morgan fingerprint density at radius 1 is 1.20 bits per heavy atom. The van der Waals surface area contributed by atoms with E-state index in [9.17, 15) is 9.18 Å². The summed E-state index contributed by atoms with van der Waals surface area (Å²) >= 11 is 3.52. The summed E-state index contributed by atoms with van der Waals surface area (Å²) in [5, 5.41) is 0. The molecule has 0 spiro atoms. The highest BCUT2D eigenvalue weighted by Gasteiger charge is 2.50. The van der Waals surface area contributed by atoms with Crippen LogP contribution in [0, 0.1) is 5.82 Å². The predicted molar refractivity (Wildman–Crippen MR) is 97.0 cm³/mol. The van der Waals surface area contributed by atoms with E-state index in [-0.39, 0.29) is 23.9 Å². The summed E-state index contributed by atoms with van der Waals surface area (Å²) in [7, 11) is 1.63. The largest absolute Gasteiger partial charge is 0.496 e. The number of hydrogen-bond donors (Lipinski definition) is 0. The van der Waals surface area contributed by atoms with Crippen molar-refractivity contribution in [1.29, 1.82) is 0 Å². The summed E-state index contributed by atoms with van der Waals surface area (Å²) in [5.41, 5.74) is 1.63. The number of benzene rings is 2. The van der Waals surface area contributed by atoms with Crippen LogP contribution in [0.5, 0.6) is 5.75 Å². The number of halogens is 2. The highest BCUT2D eigenvalue weighted by molar-refractivity contribution is 9.10. The summed E-state index contributed by atoms with van der Waals surface area (Å²) in [5.74, 6) is 0.490. The number of ether oxygens (including phenoxy) is 1. The van der Waals surface area contributed by atoms with Gasteiger partial charge in [-0.1, -0.05) is 15.9 Å². The van der Waals surface area contributed by atoms with Gasteiger partial charge in [0.1, 0.15) is 17.7 Å². The molecule has 0 aromatic heterocycles. The molecule has 2 aromatic carbocycles. The molecule has 2 atom stereocenters. The Morgan fingerprint density at radius 2 is 1.96 bits per heavy atom. The number of carbonyl (C=O) groups excluding carboxylic acids is 1. The van der Waals surface area contributed by atoms with Crippen molar-refractivity contribution in [2.24, 2.45) is 0 Å². The van der Waals surface area contributed by atoms with Crippen LogP contribution >= 0.6 is 15.9 Å². The third-order valence-corrected chi connectivity index (χ3v) is 5.44. The molecule has 0 bridgehead atoms. The van der Waals surface area contributed by atoms with E-state index in [0.29, 0.717) is 5.69 Å². The molecule has 2 saturated heterocycles. The maximum atomic E-state index is 13.4. The molecular formula is C19H18BrFN2O2. The smallest absolute Gasteiger partial charge is 0.246 e. The fourth-order valence-electron chi connectivity index (χ4n) is 3.87. The zero-order valence-electron chi connectivity index (χ0n) is 13.8. The molecule has 4 nitrogen and oxygen atoms in total. The SMILES string of the molecule is COc1ccc(Br)cc1[C@H]1N(c2ccc(F)cc2)C(=O)[C@@H]2CCCN21. The number of carbonyl (C=O) groups is 1. The quantitative estimate of drug-likeness (QED) is 0.771. The lowest BCUT2D eigenvalue weighted by Gasteiger charge is -2.31. The zero-order valence-corrected chi connectivity index (χ0v) is 15.4. The number of fused-ring (bicyclic) bond motifs is 1. The Labute approximate surface area is 154 Å². The minimum Gasteiger partial charge on any atom is -0.496 e. The van der Waals surface area contributed by atoms with Crippen molar-refractivity contribution >= 4 is 27.5 Å².